The Hall–Kier alpha value is -2.87. The molecule has 0 aromatic heterocycles. The van der Waals surface area contributed by atoms with Crippen molar-refractivity contribution in [1.29, 1.82) is 0 Å². The van der Waals surface area contributed by atoms with E-state index in [1.165, 1.54) is 28.6 Å². The number of anilines is 1. The van der Waals surface area contributed by atoms with Crippen LogP contribution in [-0.4, -0.2) is 27.0 Å². The van der Waals surface area contributed by atoms with Crippen LogP contribution in [0.4, 0.5) is 11.4 Å². The zero-order valence-electron chi connectivity index (χ0n) is 12.7. The van der Waals surface area contributed by atoms with E-state index in [2.05, 4.69) is 0 Å². The highest BCUT2D eigenvalue weighted by Crippen LogP contribution is 2.33. The van der Waals surface area contributed by atoms with Crippen LogP contribution < -0.4 is 9.04 Å². The van der Waals surface area contributed by atoms with Crippen molar-refractivity contribution in [3.8, 4) is 5.75 Å². The fourth-order valence-electron chi connectivity index (χ4n) is 2.49. The van der Waals surface area contributed by atoms with E-state index >= 15 is 0 Å². The molecule has 0 fully saturated rings. The molecule has 0 saturated carbocycles. The summed E-state index contributed by atoms with van der Waals surface area (Å²) in [6.07, 6.45) is 3.57. The first-order chi connectivity index (χ1) is 11.4. The lowest BCUT2D eigenvalue weighted by Gasteiger charge is -2.27. The molecule has 0 unspecified atom stereocenters. The number of nitrogens with zero attached hydrogens (tertiary/aromatic N) is 2. The van der Waals surface area contributed by atoms with Gasteiger partial charge < -0.3 is 4.74 Å². The van der Waals surface area contributed by atoms with Crippen LogP contribution in [0.1, 0.15) is 5.56 Å². The van der Waals surface area contributed by atoms with Crippen LogP contribution in [0.5, 0.6) is 5.75 Å². The van der Waals surface area contributed by atoms with Gasteiger partial charge in [0, 0.05) is 17.7 Å². The average molecular weight is 346 g/mol. The minimum atomic E-state index is -3.82. The molecule has 2 aromatic rings. The zero-order chi connectivity index (χ0) is 17.3. The molecule has 0 spiro atoms. The Morgan fingerprint density at radius 1 is 1.17 bits per heavy atom. The monoisotopic (exact) mass is 346 g/mol. The van der Waals surface area contributed by atoms with E-state index in [1.807, 2.05) is 6.08 Å². The Morgan fingerprint density at radius 3 is 2.50 bits per heavy atom. The Bertz CT molecular complexity index is 920. The van der Waals surface area contributed by atoms with Crippen molar-refractivity contribution in [2.75, 3.05) is 18.0 Å². The van der Waals surface area contributed by atoms with E-state index in [-0.39, 0.29) is 17.1 Å². The Balaban J connectivity index is 2.02. The van der Waals surface area contributed by atoms with Gasteiger partial charge in [-0.15, -0.1) is 0 Å². The van der Waals surface area contributed by atoms with Crippen LogP contribution >= 0.6 is 0 Å². The molecule has 2 aromatic carbocycles. The molecule has 0 saturated heterocycles. The first-order valence-electron chi connectivity index (χ1n) is 7.05. The number of sulfonamides is 1. The van der Waals surface area contributed by atoms with Gasteiger partial charge in [-0.05, 0) is 30.3 Å². The smallest absolute Gasteiger partial charge is 0.269 e. The van der Waals surface area contributed by atoms with Crippen LogP contribution in [0.2, 0.25) is 0 Å². The minimum Gasteiger partial charge on any atom is -0.497 e. The summed E-state index contributed by atoms with van der Waals surface area (Å²) in [6.45, 7) is 0.193. The zero-order valence-corrected chi connectivity index (χ0v) is 13.6. The predicted molar refractivity (Wildman–Crippen MR) is 89.7 cm³/mol. The van der Waals surface area contributed by atoms with E-state index < -0.39 is 14.9 Å². The number of fused-ring (bicyclic) bond motifs is 1. The molecule has 124 valence electrons. The lowest BCUT2D eigenvalue weighted by molar-refractivity contribution is -0.384. The number of ether oxygens (including phenoxy) is 1. The van der Waals surface area contributed by atoms with Crippen LogP contribution in [0.15, 0.2) is 53.4 Å². The molecule has 0 N–H and O–H groups in total. The molecule has 24 heavy (non-hydrogen) atoms. The average Bonchev–Trinajstić information content (AvgIpc) is 2.60. The van der Waals surface area contributed by atoms with Gasteiger partial charge in [0.05, 0.1) is 29.2 Å². The van der Waals surface area contributed by atoms with Crippen LogP contribution in [0.25, 0.3) is 6.08 Å². The topological polar surface area (TPSA) is 89.8 Å². The van der Waals surface area contributed by atoms with E-state index in [0.29, 0.717) is 11.4 Å². The van der Waals surface area contributed by atoms with Crippen molar-refractivity contribution >= 4 is 27.5 Å². The van der Waals surface area contributed by atoms with Gasteiger partial charge in [0.1, 0.15) is 5.75 Å². The molecule has 0 radical (unpaired) electrons. The lowest BCUT2D eigenvalue weighted by atomic mass is 10.1. The van der Waals surface area contributed by atoms with E-state index in [9.17, 15) is 18.5 Å². The standard InChI is InChI=1S/C16H14N2O5S/c1-23-14-6-9-16-12(11-14)3-2-10-17(16)24(21,22)15-7-4-13(5-8-15)18(19)20/h2-9,11H,10H2,1H3. The number of nitro groups is 1. The highest BCUT2D eigenvalue weighted by Gasteiger charge is 2.28. The first-order valence-corrected chi connectivity index (χ1v) is 8.49. The summed E-state index contributed by atoms with van der Waals surface area (Å²) in [5, 5.41) is 10.7. The van der Waals surface area contributed by atoms with Crippen LogP contribution in [0.3, 0.4) is 0 Å². The fraction of sp³-hybridized carbons (Fsp3) is 0.125. The van der Waals surface area contributed by atoms with Gasteiger partial charge in [0.2, 0.25) is 0 Å². The fourth-order valence-corrected chi connectivity index (χ4v) is 3.93. The van der Waals surface area contributed by atoms with Gasteiger partial charge in [0.25, 0.3) is 15.7 Å². The number of hydrogen-bond acceptors (Lipinski definition) is 5. The third-order valence-corrected chi connectivity index (χ3v) is 5.50. The van der Waals surface area contributed by atoms with Crippen molar-refractivity contribution in [3.63, 3.8) is 0 Å². The van der Waals surface area contributed by atoms with Gasteiger partial charge in [-0.3, -0.25) is 14.4 Å². The lowest BCUT2D eigenvalue weighted by Crippen LogP contribution is -2.33. The quantitative estimate of drug-likeness (QED) is 0.627. The second-order valence-electron chi connectivity index (χ2n) is 5.11. The Labute approximate surface area is 139 Å². The summed E-state index contributed by atoms with van der Waals surface area (Å²) in [7, 11) is -2.28. The SMILES string of the molecule is COc1ccc2c(c1)C=CCN2S(=O)(=O)c1ccc([N+](=O)[O-])cc1. The van der Waals surface area contributed by atoms with Gasteiger partial charge in [-0.2, -0.15) is 0 Å². The highest BCUT2D eigenvalue weighted by molar-refractivity contribution is 7.92. The molecule has 1 heterocycles. The van der Waals surface area contributed by atoms with Crippen LogP contribution in [0, 0.1) is 10.1 Å². The number of non-ortho nitro benzene ring substituents is 1. The van der Waals surface area contributed by atoms with Gasteiger partial charge in [0.15, 0.2) is 0 Å². The van der Waals surface area contributed by atoms with Crippen molar-refractivity contribution < 1.29 is 18.1 Å². The van der Waals surface area contributed by atoms with E-state index in [0.717, 1.165) is 5.56 Å². The molecule has 7 nitrogen and oxygen atoms in total. The summed E-state index contributed by atoms with van der Waals surface area (Å²) in [5.41, 5.74) is 1.11. The Kier molecular flexibility index (Phi) is 3.98. The van der Waals surface area contributed by atoms with E-state index in [1.54, 1.807) is 31.4 Å². The van der Waals surface area contributed by atoms with Gasteiger partial charge in [-0.1, -0.05) is 12.2 Å². The number of methoxy groups -OCH3 is 1. The summed E-state index contributed by atoms with van der Waals surface area (Å²) < 4.78 is 32.2. The summed E-state index contributed by atoms with van der Waals surface area (Å²) >= 11 is 0. The van der Waals surface area contributed by atoms with Crippen LogP contribution in [-0.2, 0) is 10.0 Å². The molecule has 8 heteroatoms. The number of nitro benzene ring substituents is 1. The summed E-state index contributed by atoms with van der Waals surface area (Å²) in [4.78, 5) is 10.1. The van der Waals surface area contributed by atoms with Crippen molar-refractivity contribution in [1.82, 2.24) is 0 Å². The molecule has 1 aliphatic rings. The first kappa shape index (κ1) is 16.0. The molecular formula is C16H14N2O5S. The highest BCUT2D eigenvalue weighted by atomic mass is 32.2. The molecule has 0 amide bonds. The second-order valence-corrected chi connectivity index (χ2v) is 6.98. The normalized spacial score (nSPS) is 13.5. The molecule has 0 atom stereocenters. The largest absolute Gasteiger partial charge is 0.497 e. The molecule has 3 rings (SSSR count). The second kappa shape index (κ2) is 5.97. The molecular weight excluding hydrogens is 332 g/mol. The number of hydrogen-bond donors (Lipinski definition) is 0. The third-order valence-electron chi connectivity index (χ3n) is 3.71. The maximum absolute atomic E-state index is 12.9. The molecule has 0 aliphatic carbocycles. The molecule has 0 bridgehead atoms. The minimum absolute atomic E-state index is 0.00479. The number of rotatable bonds is 4. The maximum atomic E-state index is 12.9. The van der Waals surface area contributed by atoms with Crippen molar-refractivity contribution in [3.05, 3.63) is 64.2 Å². The van der Waals surface area contributed by atoms with Gasteiger partial charge in [-0.25, -0.2) is 8.42 Å². The van der Waals surface area contributed by atoms with Gasteiger partial charge >= 0.3 is 0 Å². The van der Waals surface area contributed by atoms with Crippen molar-refractivity contribution in [2.45, 2.75) is 4.90 Å². The van der Waals surface area contributed by atoms with Crippen molar-refractivity contribution in [2.24, 2.45) is 0 Å². The predicted octanol–water partition coefficient (Wildman–Crippen LogP) is 2.83. The number of benzene rings is 2. The third kappa shape index (κ3) is 2.71. The molecule has 1 aliphatic heterocycles. The maximum Gasteiger partial charge on any atom is 0.269 e. The summed E-state index contributed by atoms with van der Waals surface area (Å²) in [5.74, 6) is 0.632. The Morgan fingerprint density at radius 2 is 1.88 bits per heavy atom. The van der Waals surface area contributed by atoms with E-state index in [4.69, 9.17) is 4.74 Å². The summed E-state index contributed by atoms with van der Waals surface area (Å²) in [6, 6.07) is 9.98.